The number of hydrogen-bond acceptors (Lipinski definition) is 4. The number of carbonyl (C=O) groups is 1. The number of rotatable bonds is 6. The van der Waals surface area contributed by atoms with E-state index in [4.69, 9.17) is 5.26 Å². The Hall–Kier alpha value is -4.18. The molecule has 142 valence electrons. The lowest BCUT2D eigenvalue weighted by Gasteiger charge is -2.03. The van der Waals surface area contributed by atoms with Gasteiger partial charge in [0.1, 0.15) is 6.54 Å². The first-order valence-electron chi connectivity index (χ1n) is 9.10. The van der Waals surface area contributed by atoms with Gasteiger partial charge in [-0.1, -0.05) is 42.5 Å². The van der Waals surface area contributed by atoms with Crippen LogP contribution in [0.5, 0.6) is 0 Å². The number of nitrogens with one attached hydrogen (secondary N) is 1. The third-order valence-electron chi connectivity index (χ3n) is 4.38. The van der Waals surface area contributed by atoms with Crippen LogP contribution in [-0.4, -0.2) is 25.5 Å². The highest BCUT2D eigenvalue weighted by Crippen LogP contribution is 2.19. The average Bonchev–Trinajstić information content (AvgIpc) is 3.38. The van der Waals surface area contributed by atoms with Gasteiger partial charge in [0.05, 0.1) is 24.4 Å². The molecule has 0 spiro atoms. The summed E-state index contributed by atoms with van der Waals surface area (Å²) in [5.41, 5.74) is 3.57. The highest BCUT2D eigenvalue weighted by atomic mass is 16.2. The number of hydrogen-bond donors (Lipinski definition) is 1. The molecule has 0 saturated carbocycles. The van der Waals surface area contributed by atoms with Crippen molar-refractivity contribution in [3.63, 3.8) is 0 Å². The summed E-state index contributed by atoms with van der Waals surface area (Å²) >= 11 is 0. The van der Waals surface area contributed by atoms with Crippen LogP contribution in [0.1, 0.15) is 11.1 Å². The van der Waals surface area contributed by atoms with Gasteiger partial charge in [-0.15, -0.1) is 0 Å². The first kappa shape index (κ1) is 18.2. The van der Waals surface area contributed by atoms with Crippen LogP contribution in [-0.2, 0) is 17.9 Å². The Morgan fingerprint density at radius 1 is 1.00 bits per heavy atom. The van der Waals surface area contributed by atoms with Crippen LogP contribution in [0.15, 0.2) is 79.3 Å². The van der Waals surface area contributed by atoms with E-state index in [1.807, 2.05) is 48.7 Å². The summed E-state index contributed by atoms with van der Waals surface area (Å²) in [5.74, 6) is 0.301. The fraction of sp³-hybridized carbons (Fsp3) is 0.0909. The summed E-state index contributed by atoms with van der Waals surface area (Å²) in [6.45, 7) is 0.728. The molecule has 0 bridgehead atoms. The van der Waals surface area contributed by atoms with Crippen molar-refractivity contribution in [3.8, 4) is 17.2 Å². The van der Waals surface area contributed by atoms with E-state index in [-0.39, 0.29) is 12.5 Å². The molecule has 0 aliphatic rings. The van der Waals surface area contributed by atoms with Crippen molar-refractivity contribution in [2.45, 2.75) is 13.1 Å². The highest BCUT2D eigenvalue weighted by Gasteiger charge is 2.09. The summed E-state index contributed by atoms with van der Waals surface area (Å²) in [6, 6.07) is 21.1. The largest absolute Gasteiger partial charge is 0.308 e. The molecule has 0 atom stereocenters. The maximum atomic E-state index is 12.3. The molecule has 0 saturated heterocycles. The molecule has 0 aliphatic carbocycles. The van der Waals surface area contributed by atoms with Gasteiger partial charge in [-0.25, -0.2) is 0 Å². The third-order valence-corrected chi connectivity index (χ3v) is 4.38. The molecule has 1 amide bonds. The SMILES string of the molecule is N#Cc1ccc(-c2cnn(CC(=O)Nc3ccn(Cc4ccccc4)n3)c2)cc1. The van der Waals surface area contributed by atoms with Gasteiger partial charge in [-0.05, 0) is 23.3 Å². The highest BCUT2D eigenvalue weighted by molar-refractivity contribution is 5.89. The standard InChI is InChI=1S/C22H18N6O/c23-12-17-6-8-19(9-7-17)20-13-24-28(15-20)16-22(29)25-21-10-11-27(26-21)14-18-4-2-1-3-5-18/h1-11,13,15H,14,16H2,(H,25,26,29). The first-order valence-corrected chi connectivity index (χ1v) is 9.10. The van der Waals surface area contributed by atoms with E-state index in [2.05, 4.69) is 21.6 Å². The summed E-state index contributed by atoms with van der Waals surface area (Å²) in [6.07, 6.45) is 5.33. The molecule has 4 aromatic rings. The van der Waals surface area contributed by atoms with E-state index in [0.717, 1.165) is 16.7 Å². The Bertz CT molecular complexity index is 1150. The van der Waals surface area contributed by atoms with Crippen LogP contribution in [0, 0.1) is 11.3 Å². The lowest BCUT2D eigenvalue weighted by atomic mass is 10.1. The molecule has 2 heterocycles. The molecule has 7 nitrogen and oxygen atoms in total. The number of amides is 1. The van der Waals surface area contributed by atoms with Crippen LogP contribution in [0.4, 0.5) is 5.82 Å². The van der Waals surface area contributed by atoms with Crippen LogP contribution in [0.25, 0.3) is 11.1 Å². The predicted octanol–water partition coefficient (Wildman–Crippen LogP) is 3.31. The Morgan fingerprint density at radius 3 is 2.55 bits per heavy atom. The second-order valence-corrected chi connectivity index (χ2v) is 6.55. The van der Waals surface area contributed by atoms with Crippen molar-refractivity contribution >= 4 is 11.7 Å². The minimum atomic E-state index is -0.204. The Morgan fingerprint density at radius 2 is 1.79 bits per heavy atom. The normalized spacial score (nSPS) is 10.4. The van der Waals surface area contributed by atoms with Crippen molar-refractivity contribution in [3.05, 3.63) is 90.4 Å². The molecular formula is C22H18N6O. The van der Waals surface area contributed by atoms with Gasteiger partial charge >= 0.3 is 0 Å². The quantitative estimate of drug-likeness (QED) is 0.554. The lowest BCUT2D eigenvalue weighted by Crippen LogP contribution is -2.19. The molecule has 0 unspecified atom stereocenters. The van der Waals surface area contributed by atoms with E-state index in [1.54, 1.807) is 40.0 Å². The zero-order chi connectivity index (χ0) is 20.1. The van der Waals surface area contributed by atoms with Crippen LogP contribution in [0.2, 0.25) is 0 Å². The van der Waals surface area contributed by atoms with Gasteiger partial charge in [-0.2, -0.15) is 15.5 Å². The van der Waals surface area contributed by atoms with Gasteiger partial charge < -0.3 is 5.32 Å². The van der Waals surface area contributed by atoms with E-state index >= 15 is 0 Å². The second kappa shape index (κ2) is 8.23. The van der Waals surface area contributed by atoms with Crippen LogP contribution >= 0.6 is 0 Å². The van der Waals surface area contributed by atoms with Crippen molar-refractivity contribution in [2.75, 3.05) is 5.32 Å². The minimum Gasteiger partial charge on any atom is -0.308 e. The number of nitrogens with zero attached hydrogens (tertiary/aromatic N) is 5. The van der Waals surface area contributed by atoms with Gasteiger partial charge in [0.2, 0.25) is 5.91 Å². The summed E-state index contributed by atoms with van der Waals surface area (Å²) < 4.78 is 3.35. The summed E-state index contributed by atoms with van der Waals surface area (Å²) in [4.78, 5) is 12.3. The van der Waals surface area contributed by atoms with E-state index in [1.165, 1.54) is 0 Å². The van der Waals surface area contributed by atoms with Crippen LogP contribution in [0.3, 0.4) is 0 Å². The number of aromatic nitrogens is 4. The number of nitriles is 1. The van der Waals surface area contributed by atoms with E-state index < -0.39 is 0 Å². The van der Waals surface area contributed by atoms with Crippen molar-refractivity contribution in [1.82, 2.24) is 19.6 Å². The molecule has 2 aromatic carbocycles. The number of carbonyl (C=O) groups excluding carboxylic acids is 1. The summed E-state index contributed by atoms with van der Waals surface area (Å²) in [5, 5.41) is 20.3. The molecule has 4 rings (SSSR count). The Labute approximate surface area is 167 Å². The minimum absolute atomic E-state index is 0.0851. The molecule has 7 heteroatoms. The number of benzene rings is 2. The average molecular weight is 382 g/mol. The molecule has 0 aliphatic heterocycles. The molecule has 1 N–H and O–H groups in total. The Kier molecular flexibility index (Phi) is 5.16. The Balaban J connectivity index is 1.35. The summed E-state index contributed by atoms with van der Waals surface area (Å²) in [7, 11) is 0. The smallest absolute Gasteiger partial charge is 0.247 e. The second-order valence-electron chi connectivity index (χ2n) is 6.55. The molecular weight excluding hydrogens is 364 g/mol. The fourth-order valence-corrected chi connectivity index (χ4v) is 2.95. The molecule has 29 heavy (non-hydrogen) atoms. The van der Waals surface area contributed by atoms with Gasteiger partial charge in [0.15, 0.2) is 5.82 Å². The van der Waals surface area contributed by atoms with Crippen molar-refractivity contribution in [2.24, 2.45) is 0 Å². The van der Waals surface area contributed by atoms with Gasteiger partial charge in [-0.3, -0.25) is 14.2 Å². The first-order chi connectivity index (χ1) is 14.2. The molecule has 0 fully saturated rings. The van der Waals surface area contributed by atoms with E-state index in [9.17, 15) is 4.79 Å². The maximum Gasteiger partial charge on any atom is 0.247 e. The van der Waals surface area contributed by atoms with E-state index in [0.29, 0.717) is 17.9 Å². The molecule has 2 aromatic heterocycles. The van der Waals surface area contributed by atoms with Crippen LogP contribution < -0.4 is 5.32 Å². The van der Waals surface area contributed by atoms with Crippen molar-refractivity contribution < 1.29 is 4.79 Å². The molecule has 0 radical (unpaired) electrons. The van der Waals surface area contributed by atoms with Crippen molar-refractivity contribution in [1.29, 1.82) is 5.26 Å². The third kappa shape index (κ3) is 4.57. The predicted molar refractivity (Wildman–Crippen MR) is 109 cm³/mol. The van der Waals surface area contributed by atoms with Gasteiger partial charge in [0.25, 0.3) is 0 Å². The monoisotopic (exact) mass is 382 g/mol. The topological polar surface area (TPSA) is 88.5 Å². The van der Waals surface area contributed by atoms with Gasteiger partial charge in [0, 0.05) is 24.0 Å². The fourth-order valence-electron chi connectivity index (χ4n) is 2.95. The lowest BCUT2D eigenvalue weighted by molar-refractivity contribution is -0.116. The zero-order valence-corrected chi connectivity index (χ0v) is 15.6. The number of anilines is 1. The maximum absolute atomic E-state index is 12.3. The zero-order valence-electron chi connectivity index (χ0n) is 15.6.